The first-order valence-electron chi connectivity index (χ1n) is 5.13. The predicted octanol–water partition coefficient (Wildman–Crippen LogP) is 2.44. The van der Waals surface area contributed by atoms with E-state index >= 15 is 0 Å². The molecular formula is C12H12F2N2O. The lowest BCUT2D eigenvalue weighted by Crippen LogP contribution is -2.06. The van der Waals surface area contributed by atoms with Crippen molar-refractivity contribution in [3.8, 4) is 0 Å². The molecular weight excluding hydrogens is 226 g/mol. The van der Waals surface area contributed by atoms with Gasteiger partial charge in [-0.2, -0.15) is 5.10 Å². The van der Waals surface area contributed by atoms with Crippen LogP contribution in [0.3, 0.4) is 0 Å². The second-order valence-electron chi connectivity index (χ2n) is 3.75. The van der Waals surface area contributed by atoms with Crippen LogP contribution in [0.4, 0.5) is 8.78 Å². The first-order valence-corrected chi connectivity index (χ1v) is 5.13. The Balaban J connectivity index is 2.34. The summed E-state index contributed by atoms with van der Waals surface area (Å²) in [6.07, 6.45) is -1.93. The van der Waals surface area contributed by atoms with E-state index in [2.05, 4.69) is 5.10 Å². The van der Waals surface area contributed by atoms with Crippen molar-refractivity contribution in [2.45, 2.75) is 12.5 Å². The Morgan fingerprint density at radius 2 is 1.94 bits per heavy atom. The SMILES string of the molecule is Cn1nccc1C(O)c1cccc(C(F)F)c1. The van der Waals surface area contributed by atoms with E-state index in [1.54, 1.807) is 25.4 Å². The third-order valence-electron chi connectivity index (χ3n) is 2.62. The first kappa shape index (κ1) is 11.7. The van der Waals surface area contributed by atoms with Crippen LogP contribution in [0.1, 0.15) is 29.4 Å². The Labute approximate surface area is 97.3 Å². The van der Waals surface area contributed by atoms with E-state index in [4.69, 9.17) is 0 Å². The fourth-order valence-electron chi connectivity index (χ4n) is 1.69. The van der Waals surface area contributed by atoms with Crippen LogP contribution in [-0.4, -0.2) is 14.9 Å². The molecule has 90 valence electrons. The zero-order chi connectivity index (χ0) is 12.4. The van der Waals surface area contributed by atoms with E-state index in [0.717, 1.165) is 0 Å². The number of aliphatic hydroxyl groups excluding tert-OH is 1. The van der Waals surface area contributed by atoms with Crippen molar-refractivity contribution in [1.82, 2.24) is 9.78 Å². The van der Waals surface area contributed by atoms with Crippen molar-refractivity contribution in [3.63, 3.8) is 0 Å². The first-order chi connectivity index (χ1) is 8.09. The number of aliphatic hydroxyl groups is 1. The maximum Gasteiger partial charge on any atom is 0.263 e. The minimum Gasteiger partial charge on any atom is -0.382 e. The molecule has 0 saturated heterocycles. The number of hydrogen-bond donors (Lipinski definition) is 1. The van der Waals surface area contributed by atoms with Gasteiger partial charge in [-0.25, -0.2) is 8.78 Å². The summed E-state index contributed by atoms with van der Waals surface area (Å²) in [6.45, 7) is 0. The molecule has 0 amide bonds. The van der Waals surface area contributed by atoms with Crippen LogP contribution in [0.15, 0.2) is 36.5 Å². The molecule has 3 nitrogen and oxygen atoms in total. The summed E-state index contributed by atoms with van der Waals surface area (Å²) < 4.78 is 26.6. The average molecular weight is 238 g/mol. The molecule has 1 atom stereocenters. The Hall–Kier alpha value is -1.75. The van der Waals surface area contributed by atoms with Crippen LogP contribution in [0, 0.1) is 0 Å². The summed E-state index contributed by atoms with van der Waals surface area (Å²) in [4.78, 5) is 0. The maximum atomic E-state index is 12.5. The molecule has 0 aliphatic carbocycles. The molecule has 0 aliphatic heterocycles. The van der Waals surface area contributed by atoms with Crippen LogP contribution in [0.5, 0.6) is 0 Å². The highest BCUT2D eigenvalue weighted by Crippen LogP contribution is 2.25. The van der Waals surface area contributed by atoms with E-state index in [0.29, 0.717) is 11.3 Å². The summed E-state index contributed by atoms with van der Waals surface area (Å²) in [5, 5.41) is 14.0. The molecule has 5 heteroatoms. The summed E-state index contributed by atoms with van der Waals surface area (Å²) in [5.41, 5.74) is 0.909. The number of benzene rings is 1. The molecule has 0 bridgehead atoms. The fourth-order valence-corrected chi connectivity index (χ4v) is 1.69. The highest BCUT2D eigenvalue weighted by Gasteiger charge is 2.16. The standard InChI is InChI=1S/C12H12F2N2O/c1-16-10(5-6-15-16)11(17)8-3-2-4-9(7-8)12(13)14/h2-7,11-12,17H,1H3. The van der Waals surface area contributed by atoms with Crippen LogP contribution in [0.25, 0.3) is 0 Å². The van der Waals surface area contributed by atoms with E-state index in [-0.39, 0.29) is 5.56 Å². The summed E-state index contributed by atoms with van der Waals surface area (Å²) in [6, 6.07) is 7.42. The second-order valence-corrected chi connectivity index (χ2v) is 3.75. The Morgan fingerprint density at radius 1 is 1.24 bits per heavy atom. The molecule has 0 fully saturated rings. The van der Waals surface area contributed by atoms with Gasteiger partial charge in [0, 0.05) is 18.8 Å². The molecule has 17 heavy (non-hydrogen) atoms. The molecule has 0 spiro atoms. The number of alkyl halides is 2. The van der Waals surface area contributed by atoms with Gasteiger partial charge >= 0.3 is 0 Å². The lowest BCUT2D eigenvalue weighted by atomic mass is 10.0. The number of rotatable bonds is 3. The van der Waals surface area contributed by atoms with Gasteiger partial charge in [-0.1, -0.05) is 18.2 Å². The summed E-state index contributed by atoms with van der Waals surface area (Å²) >= 11 is 0. The molecule has 0 aliphatic rings. The number of hydrogen-bond acceptors (Lipinski definition) is 2. The van der Waals surface area contributed by atoms with Crippen molar-refractivity contribution in [2.24, 2.45) is 7.05 Å². The van der Waals surface area contributed by atoms with E-state index < -0.39 is 12.5 Å². The van der Waals surface area contributed by atoms with Gasteiger partial charge in [-0.15, -0.1) is 0 Å². The molecule has 1 heterocycles. The summed E-state index contributed by atoms with van der Waals surface area (Å²) in [7, 11) is 1.69. The molecule has 1 aromatic carbocycles. The third kappa shape index (κ3) is 2.34. The Bertz CT molecular complexity index is 511. The van der Waals surface area contributed by atoms with Crippen molar-refractivity contribution >= 4 is 0 Å². The van der Waals surface area contributed by atoms with E-state index in [1.165, 1.54) is 22.9 Å². The summed E-state index contributed by atoms with van der Waals surface area (Å²) in [5.74, 6) is 0. The normalized spacial score (nSPS) is 13.0. The quantitative estimate of drug-likeness (QED) is 0.891. The van der Waals surface area contributed by atoms with Gasteiger partial charge < -0.3 is 5.11 Å². The van der Waals surface area contributed by atoms with Gasteiger partial charge in [0.15, 0.2) is 0 Å². The molecule has 1 unspecified atom stereocenters. The fraction of sp³-hybridized carbons (Fsp3) is 0.250. The molecule has 2 aromatic rings. The van der Waals surface area contributed by atoms with Crippen LogP contribution in [0.2, 0.25) is 0 Å². The Morgan fingerprint density at radius 3 is 2.53 bits per heavy atom. The van der Waals surface area contributed by atoms with Gasteiger partial charge in [0.1, 0.15) is 6.10 Å². The van der Waals surface area contributed by atoms with Crippen molar-refractivity contribution in [2.75, 3.05) is 0 Å². The van der Waals surface area contributed by atoms with Crippen molar-refractivity contribution in [1.29, 1.82) is 0 Å². The minimum atomic E-state index is -2.53. The highest BCUT2D eigenvalue weighted by atomic mass is 19.3. The van der Waals surface area contributed by atoms with Crippen LogP contribution in [-0.2, 0) is 7.05 Å². The molecule has 0 radical (unpaired) electrons. The van der Waals surface area contributed by atoms with Crippen LogP contribution >= 0.6 is 0 Å². The second kappa shape index (κ2) is 4.63. The molecule has 1 aromatic heterocycles. The molecule has 1 N–H and O–H groups in total. The average Bonchev–Trinajstić information content (AvgIpc) is 2.74. The molecule has 2 rings (SSSR count). The predicted molar refractivity (Wildman–Crippen MR) is 58.7 cm³/mol. The number of aromatic nitrogens is 2. The highest BCUT2D eigenvalue weighted by molar-refractivity contribution is 5.30. The smallest absolute Gasteiger partial charge is 0.263 e. The van der Waals surface area contributed by atoms with Crippen molar-refractivity contribution in [3.05, 3.63) is 53.3 Å². The topological polar surface area (TPSA) is 38.0 Å². The Kier molecular flexibility index (Phi) is 3.19. The van der Waals surface area contributed by atoms with Crippen LogP contribution < -0.4 is 0 Å². The lowest BCUT2D eigenvalue weighted by Gasteiger charge is -2.12. The maximum absolute atomic E-state index is 12.5. The third-order valence-corrected chi connectivity index (χ3v) is 2.62. The van der Waals surface area contributed by atoms with Gasteiger partial charge in [0.05, 0.1) is 5.69 Å². The lowest BCUT2D eigenvalue weighted by molar-refractivity contribution is 0.150. The number of aryl methyl sites for hydroxylation is 1. The van der Waals surface area contributed by atoms with Crippen molar-refractivity contribution < 1.29 is 13.9 Å². The number of nitrogens with zero attached hydrogens (tertiary/aromatic N) is 2. The monoisotopic (exact) mass is 238 g/mol. The van der Waals surface area contributed by atoms with Gasteiger partial charge in [0.2, 0.25) is 0 Å². The van der Waals surface area contributed by atoms with Gasteiger partial charge in [0.25, 0.3) is 6.43 Å². The minimum absolute atomic E-state index is 0.0938. The van der Waals surface area contributed by atoms with E-state index in [1.807, 2.05) is 0 Å². The van der Waals surface area contributed by atoms with E-state index in [9.17, 15) is 13.9 Å². The van der Waals surface area contributed by atoms with Gasteiger partial charge in [-0.3, -0.25) is 4.68 Å². The number of halogens is 2. The largest absolute Gasteiger partial charge is 0.382 e. The zero-order valence-corrected chi connectivity index (χ0v) is 9.22. The zero-order valence-electron chi connectivity index (χ0n) is 9.22. The molecule has 0 saturated carbocycles. The van der Waals surface area contributed by atoms with Gasteiger partial charge in [-0.05, 0) is 17.7 Å².